The number of para-hydroxylation sites is 2. The number of methoxy groups -OCH3 is 2. The zero-order chi connectivity index (χ0) is 18.9. The Hall–Kier alpha value is -3.06. The van der Waals surface area contributed by atoms with E-state index in [0.717, 1.165) is 0 Å². The van der Waals surface area contributed by atoms with Crippen molar-refractivity contribution < 1.29 is 19.1 Å². The molecular weight excluding hydrogens is 334 g/mol. The second kappa shape index (κ2) is 9.43. The third kappa shape index (κ3) is 5.78. The highest BCUT2D eigenvalue weighted by atomic mass is 16.5. The normalized spacial score (nSPS) is 10.3. The van der Waals surface area contributed by atoms with Crippen LogP contribution in [0.15, 0.2) is 48.5 Å². The van der Waals surface area contributed by atoms with Crippen LogP contribution >= 0.6 is 0 Å². The van der Waals surface area contributed by atoms with Crippen molar-refractivity contribution in [2.45, 2.75) is 0 Å². The molecule has 0 atom stereocenters. The molecule has 0 aromatic heterocycles. The third-order valence-corrected chi connectivity index (χ3v) is 3.56. The van der Waals surface area contributed by atoms with E-state index in [4.69, 9.17) is 9.47 Å². The maximum atomic E-state index is 12.2. The van der Waals surface area contributed by atoms with E-state index in [1.807, 2.05) is 12.1 Å². The molecule has 2 amide bonds. The first-order chi connectivity index (χ1) is 12.5. The van der Waals surface area contributed by atoms with Gasteiger partial charge in [-0.25, -0.2) is 0 Å². The molecule has 0 fully saturated rings. The van der Waals surface area contributed by atoms with Gasteiger partial charge in [-0.3, -0.25) is 14.5 Å². The zero-order valence-corrected chi connectivity index (χ0v) is 15.1. The van der Waals surface area contributed by atoms with Gasteiger partial charge in [-0.2, -0.15) is 0 Å². The molecule has 2 rings (SSSR count). The van der Waals surface area contributed by atoms with E-state index >= 15 is 0 Å². The van der Waals surface area contributed by atoms with Crippen LogP contribution in [0.4, 0.5) is 11.4 Å². The number of anilines is 2. The van der Waals surface area contributed by atoms with E-state index in [9.17, 15) is 9.59 Å². The molecule has 0 spiro atoms. The molecule has 2 aromatic rings. The number of nitrogens with zero attached hydrogens (tertiary/aromatic N) is 1. The SMILES string of the molecule is COc1cccc(NC(=O)CN(C)CC(=O)Nc2ccccc2OC)c1. The summed E-state index contributed by atoms with van der Waals surface area (Å²) in [7, 11) is 4.81. The van der Waals surface area contributed by atoms with Crippen molar-refractivity contribution in [3.05, 3.63) is 48.5 Å². The largest absolute Gasteiger partial charge is 0.497 e. The van der Waals surface area contributed by atoms with E-state index in [2.05, 4.69) is 10.6 Å². The van der Waals surface area contributed by atoms with Crippen LogP contribution in [-0.2, 0) is 9.59 Å². The van der Waals surface area contributed by atoms with Gasteiger partial charge in [-0.1, -0.05) is 18.2 Å². The van der Waals surface area contributed by atoms with Crippen molar-refractivity contribution >= 4 is 23.2 Å². The predicted molar refractivity (Wildman–Crippen MR) is 101 cm³/mol. The average Bonchev–Trinajstić information content (AvgIpc) is 2.61. The van der Waals surface area contributed by atoms with Gasteiger partial charge in [-0.05, 0) is 31.3 Å². The van der Waals surface area contributed by atoms with Crippen LogP contribution in [0.25, 0.3) is 0 Å². The molecule has 0 saturated heterocycles. The number of amides is 2. The van der Waals surface area contributed by atoms with Gasteiger partial charge in [0.2, 0.25) is 11.8 Å². The fourth-order valence-electron chi connectivity index (χ4n) is 2.39. The van der Waals surface area contributed by atoms with Crippen molar-refractivity contribution in [2.75, 3.05) is 45.0 Å². The Kier molecular flexibility index (Phi) is 6.99. The summed E-state index contributed by atoms with van der Waals surface area (Å²) in [6.07, 6.45) is 0. The molecule has 0 aliphatic rings. The zero-order valence-electron chi connectivity index (χ0n) is 15.1. The van der Waals surface area contributed by atoms with Crippen molar-refractivity contribution in [3.8, 4) is 11.5 Å². The minimum Gasteiger partial charge on any atom is -0.497 e. The number of ether oxygens (including phenoxy) is 2. The molecule has 26 heavy (non-hydrogen) atoms. The Morgan fingerprint density at radius 2 is 1.62 bits per heavy atom. The Morgan fingerprint density at radius 1 is 0.923 bits per heavy atom. The van der Waals surface area contributed by atoms with Crippen LogP contribution in [0.1, 0.15) is 0 Å². The molecule has 0 unspecified atom stereocenters. The number of hydrogen-bond donors (Lipinski definition) is 2. The summed E-state index contributed by atoms with van der Waals surface area (Å²) >= 11 is 0. The first kappa shape index (κ1) is 19.3. The number of carbonyl (C=O) groups is 2. The Morgan fingerprint density at radius 3 is 2.31 bits per heavy atom. The van der Waals surface area contributed by atoms with Crippen molar-refractivity contribution in [1.29, 1.82) is 0 Å². The van der Waals surface area contributed by atoms with Crippen LogP contribution < -0.4 is 20.1 Å². The number of benzene rings is 2. The number of hydrogen-bond acceptors (Lipinski definition) is 5. The minimum atomic E-state index is -0.230. The van der Waals surface area contributed by atoms with E-state index in [1.54, 1.807) is 62.6 Å². The molecule has 0 aliphatic heterocycles. The maximum absolute atomic E-state index is 12.2. The first-order valence-electron chi connectivity index (χ1n) is 8.07. The molecule has 0 bridgehead atoms. The average molecular weight is 357 g/mol. The second-order valence-corrected chi connectivity index (χ2v) is 5.70. The summed E-state index contributed by atoms with van der Waals surface area (Å²) in [5.41, 5.74) is 1.23. The van der Waals surface area contributed by atoms with Crippen LogP contribution in [0.5, 0.6) is 11.5 Å². The van der Waals surface area contributed by atoms with Gasteiger partial charge < -0.3 is 20.1 Å². The molecule has 138 valence electrons. The topological polar surface area (TPSA) is 79.9 Å². The monoisotopic (exact) mass is 357 g/mol. The molecular formula is C19H23N3O4. The standard InChI is InChI=1S/C19H23N3O4/c1-22(12-18(23)20-14-7-6-8-15(11-14)25-2)13-19(24)21-16-9-4-5-10-17(16)26-3/h4-11H,12-13H2,1-3H3,(H,20,23)(H,21,24). The quantitative estimate of drug-likeness (QED) is 0.757. The van der Waals surface area contributed by atoms with Crippen molar-refractivity contribution in [3.63, 3.8) is 0 Å². The Balaban J connectivity index is 1.84. The fourth-order valence-corrected chi connectivity index (χ4v) is 2.39. The van der Waals surface area contributed by atoms with Gasteiger partial charge in [-0.15, -0.1) is 0 Å². The molecule has 2 aromatic carbocycles. The number of nitrogens with one attached hydrogen (secondary N) is 2. The van der Waals surface area contributed by atoms with Gasteiger partial charge in [0.05, 0.1) is 33.0 Å². The smallest absolute Gasteiger partial charge is 0.238 e. The van der Waals surface area contributed by atoms with Gasteiger partial charge in [0.15, 0.2) is 0 Å². The van der Waals surface area contributed by atoms with Crippen LogP contribution in [0, 0.1) is 0 Å². The highest BCUT2D eigenvalue weighted by Crippen LogP contribution is 2.22. The highest BCUT2D eigenvalue weighted by Gasteiger charge is 2.13. The van der Waals surface area contributed by atoms with Gasteiger partial charge >= 0.3 is 0 Å². The summed E-state index contributed by atoms with van der Waals surface area (Å²) in [5.74, 6) is 0.795. The Bertz CT molecular complexity index is 764. The molecule has 7 heteroatoms. The Labute approximate surface area is 152 Å². The van der Waals surface area contributed by atoms with Crippen LogP contribution in [-0.4, -0.2) is 51.1 Å². The molecule has 7 nitrogen and oxygen atoms in total. The molecule has 0 heterocycles. The lowest BCUT2D eigenvalue weighted by Crippen LogP contribution is -2.36. The van der Waals surface area contributed by atoms with Crippen LogP contribution in [0.2, 0.25) is 0 Å². The molecule has 0 radical (unpaired) electrons. The second-order valence-electron chi connectivity index (χ2n) is 5.70. The van der Waals surface area contributed by atoms with E-state index in [1.165, 1.54) is 0 Å². The third-order valence-electron chi connectivity index (χ3n) is 3.56. The molecule has 2 N–H and O–H groups in total. The summed E-state index contributed by atoms with van der Waals surface area (Å²) in [6.45, 7) is 0.153. The minimum absolute atomic E-state index is 0.0730. The lowest BCUT2D eigenvalue weighted by atomic mass is 10.3. The molecule has 0 saturated carbocycles. The lowest BCUT2D eigenvalue weighted by molar-refractivity contribution is -0.119. The van der Waals surface area contributed by atoms with E-state index < -0.39 is 0 Å². The predicted octanol–water partition coefficient (Wildman–Crippen LogP) is 2.21. The van der Waals surface area contributed by atoms with Gasteiger partial charge in [0, 0.05) is 11.8 Å². The highest BCUT2D eigenvalue weighted by molar-refractivity contribution is 5.95. The lowest BCUT2D eigenvalue weighted by Gasteiger charge is -2.17. The first-order valence-corrected chi connectivity index (χ1v) is 8.07. The fraction of sp³-hybridized carbons (Fsp3) is 0.263. The van der Waals surface area contributed by atoms with Crippen molar-refractivity contribution in [1.82, 2.24) is 4.90 Å². The summed E-state index contributed by atoms with van der Waals surface area (Å²) in [4.78, 5) is 25.9. The summed E-state index contributed by atoms with van der Waals surface area (Å²) in [5, 5.41) is 5.55. The summed E-state index contributed by atoms with van der Waals surface area (Å²) < 4.78 is 10.3. The van der Waals surface area contributed by atoms with E-state index in [0.29, 0.717) is 22.9 Å². The van der Waals surface area contributed by atoms with Crippen LogP contribution in [0.3, 0.4) is 0 Å². The number of carbonyl (C=O) groups excluding carboxylic acids is 2. The van der Waals surface area contributed by atoms with Crippen molar-refractivity contribution in [2.24, 2.45) is 0 Å². The van der Waals surface area contributed by atoms with Gasteiger partial charge in [0.1, 0.15) is 11.5 Å². The molecule has 0 aliphatic carbocycles. The van der Waals surface area contributed by atoms with Gasteiger partial charge in [0.25, 0.3) is 0 Å². The maximum Gasteiger partial charge on any atom is 0.238 e. The summed E-state index contributed by atoms with van der Waals surface area (Å²) in [6, 6.07) is 14.2. The number of likely N-dealkylation sites (N-methyl/N-ethyl adjacent to an activating group) is 1. The number of rotatable bonds is 8. The van der Waals surface area contributed by atoms with E-state index in [-0.39, 0.29) is 24.9 Å².